The van der Waals surface area contributed by atoms with E-state index < -0.39 is 28.7 Å². The van der Waals surface area contributed by atoms with Crippen LogP contribution in [0.4, 0.5) is 27.2 Å². The summed E-state index contributed by atoms with van der Waals surface area (Å²) in [5, 5.41) is 0. The molecule has 14 nitrogen and oxygen atoms in total. The largest absolute Gasteiger partial charge is 0.488 e. The van der Waals surface area contributed by atoms with Gasteiger partial charge in [0.1, 0.15) is 22.8 Å². The predicted octanol–water partition coefficient (Wildman–Crippen LogP) is 11.6. The maximum Gasteiger partial charge on any atom is 0.488 e. The molecule has 0 unspecified atom stereocenters. The van der Waals surface area contributed by atoms with Gasteiger partial charge in [-0.1, -0.05) is 52.0 Å². The Hall–Kier alpha value is 8.35. The SMILES string of the molecule is CC(C)(C)OC(=O)N1CC=C(c2ccc(-c3ncc(F)cn3)c(F)c2)CC1.CC(C)(C)OC(=O)N1CC=C(c2ccc(Br)c(F)c2)CC1.CC1(C)COB(B2OCC(C)(C)CO2)OC1.Fc1cnc(Br)nc1.[W].[W].[W].[W].[W].[W].[W].[W].[W].[W].[W].[W].[W].[W].[W].[W].[W].[W].[W]. The topological polar surface area (TPSA) is 148 Å². The van der Waals surface area contributed by atoms with Gasteiger partial charge >= 0.3 is 26.2 Å². The van der Waals surface area contributed by atoms with Crippen molar-refractivity contribution in [1.29, 1.82) is 0 Å². The van der Waals surface area contributed by atoms with Gasteiger partial charge in [0, 0.05) is 464 Å². The number of amides is 2. The van der Waals surface area contributed by atoms with Crippen molar-refractivity contribution in [3.8, 4) is 11.4 Å². The fraction of sp³-hybridized carbons (Fsp3) is 0.480. The Balaban J connectivity index is -0.0000000638. The molecule has 0 saturated carbocycles. The number of carbonyl (C=O) groups is 2. The number of halogens is 6. The van der Waals surface area contributed by atoms with Crippen molar-refractivity contribution in [3.63, 3.8) is 0 Å². The number of hydrogen-bond acceptors (Lipinski definition) is 12. The van der Waals surface area contributed by atoms with Gasteiger partial charge in [0.2, 0.25) is 0 Å². The molecule has 4 aliphatic heterocycles. The molecule has 2 aromatic carbocycles. The van der Waals surface area contributed by atoms with Crippen LogP contribution in [0.2, 0.25) is 0 Å². The zero-order valence-corrected chi connectivity index (χ0v) is 109. The van der Waals surface area contributed by atoms with E-state index in [1.54, 1.807) is 28.0 Å². The van der Waals surface area contributed by atoms with Crippen LogP contribution in [0.25, 0.3) is 22.5 Å². The van der Waals surface area contributed by atoms with E-state index in [0.717, 1.165) is 47.1 Å². The van der Waals surface area contributed by atoms with E-state index in [4.69, 9.17) is 28.1 Å². The van der Waals surface area contributed by atoms with Gasteiger partial charge < -0.3 is 37.9 Å². The Morgan fingerprint density at radius 3 is 1.08 bits per heavy atom. The van der Waals surface area contributed by atoms with E-state index in [9.17, 15) is 27.2 Å². The molecule has 91 heavy (non-hydrogen) atoms. The van der Waals surface area contributed by atoms with E-state index in [2.05, 4.69) is 79.5 Å². The fourth-order valence-corrected chi connectivity index (χ4v) is 7.36. The number of ether oxygens (including phenoxy) is 2. The van der Waals surface area contributed by atoms with E-state index in [-0.39, 0.29) is 454 Å². The van der Waals surface area contributed by atoms with Gasteiger partial charge in [-0.3, -0.25) is 0 Å². The minimum atomic E-state index is -0.572. The molecule has 4 aliphatic rings. The zero-order valence-electron chi connectivity index (χ0n) is 50.1. The van der Waals surface area contributed by atoms with Gasteiger partial charge in [0.15, 0.2) is 22.2 Å². The van der Waals surface area contributed by atoms with E-state index in [0.29, 0.717) is 74.7 Å². The predicted molar refractivity (Wildman–Crippen MR) is 275 cm³/mol. The molecule has 41 heteroatoms. The normalized spacial score (nSPS) is 13.9. The molecule has 0 bridgehead atoms. The number of hydrogen-bond donors (Lipinski definition) is 0. The van der Waals surface area contributed by atoms with Crippen LogP contribution in [-0.4, -0.2) is 120 Å². The molecule has 2 saturated heterocycles. The Labute approximate surface area is 824 Å². The van der Waals surface area contributed by atoms with Gasteiger partial charge in [-0.05, 0) is 133 Å². The average Bonchev–Trinajstić information content (AvgIpc) is 3.31. The summed E-state index contributed by atoms with van der Waals surface area (Å²) in [4.78, 5) is 42.0. The smallest absolute Gasteiger partial charge is 0.444 e. The van der Waals surface area contributed by atoms with E-state index in [1.807, 2.05) is 59.8 Å². The Kier molecular flexibility index (Phi) is 98.8. The molecule has 8 rings (SSSR count). The number of rotatable bonds is 4. The first-order valence-corrected chi connectivity index (χ1v) is 24.9. The van der Waals surface area contributed by atoms with Crippen LogP contribution in [0, 0.1) is 34.1 Å². The number of benzene rings is 2. The molecule has 2 fully saturated rings. The monoisotopic (exact) mass is 4630 g/mol. The van der Waals surface area contributed by atoms with Crippen molar-refractivity contribution in [2.45, 2.75) is 93.3 Å². The number of aromatic nitrogens is 4. The van der Waals surface area contributed by atoms with Crippen LogP contribution in [0.15, 0.2) is 82.5 Å². The molecule has 2 amide bonds. The Bertz CT molecular complexity index is 2530. The van der Waals surface area contributed by atoms with Gasteiger partial charge in [0.25, 0.3) is 0 Å². The van der Waals surface area contributed by atoms with Crippen molar-refractivity contribution in [2.24, 2.45) is 10.8 Å². The second-order valence-corrected chi connectivity index (χ2v) is 22.4. The molecule has 4 aromatic rings. The summed E-state index contributed by atoms with van der Waals surface area (Å²) in [5.74, 6) is -1.61. The molecule has 0 N–H and O–H groups in total. The molecular formula is C50H62B2Br2F4N6O8W19. The van der Waals surface area contributed by atoms with Crippen LogP contribution in [0.3, 0.4) is 0 Å². The summed E-state index contributed by atoms with van der Waals surface area (Å²) < 4.78 is 87.0. The molecule has 502 valence electrons. The first-order chi connectivity index (χ1) is 33.7. The van der Waals surface area contributed by atoms with Gasteiger partial charge in [-0.25, -0.2) is 47.1 Å². The van der Waals surface area contributed by atoms with E-state index >= 15 is 0 Å². The maximum absolute atomic E-state index is 14.5. The number of nitrogens with zero attached hydrogens (tertiary/aromatic N) is 6. The molecule has 0 aliphatic carbocycles. The van der Waals surface area contributed by atoms with Crippen molar-refractivity contribution >= 4 is 69.2 Å². The van der Waals surface area contributed by atoms with Gasteiger partial charge in [-0.2, -0.15) is 0 Å². The minimum Gasteiger partial charge on any atom is -0.444 e. The number of carbonyl (C=O) groups excluding carboxylic acids is 2. The van der Waals surface area contributed by atoms with Crippen LogP contribution in [-0.2, 0) is 428 Å². The summed E-state index contributed by atoms with van der Waals surface area (Å²) in [7, 11) is -0.742. The third-order valence-corrected chi connectivity index (χ3v) is 11.6. The van der Waals surface area contributed by atoms with Gasteiger partial charge in [-0.15, -0.1) is 0 Å². The third kappa shape index (κ3) is 52.1. The molecule has 0 radical (unpaired) electrons. The Morgan fingerprint density at radius 1 is 0.495 bits per heavy atom. The van der Waals surface area contributed by atoms with Crippen LogP contribution in [0.1, 0.15) is 93.2 Å². The molecule has 0 atom stereocenters. The standard InChI is InChI=1S/C20H21F2N3O2.C16H19BrFNO2.C10H20B2O4.C4H2BrFN2.19W/c1-20(2,3)27-19(26)25-8-6-13(7-9-25)14-4-5-16(17(22)10-14)18-23-11-15(21)12-24-18;1-16(2,3)21-15(20)19-8-6-11(7-9-19)12-4-5-13(17)14(18)10-12;1-9(2)5-13-11(14-6-9)12-15-7-10(3,4)8-16-12;5-4-7-1-3(6)2-8-4;;;;;;;;;;;;;;;;;;;/h4-6,10-12H,7-9H2,1-3H3;4-6,10H,7-9H2,1-3H3;5-8H2,1-4H3;1-2H;;;;;;;;;;;;;;;;;;;. The second kappa shape index (κ2) is 66.5. The molecule has 0 spiro atoms. The van der Waals surface area contributed by atoms with Crippen molar-refractivity contribution in [3.05, 3.63) is 117 Å². The summed E-state index contributed by atoms with van der Waals surface area (Å²) >= 11 is 6.10. The summed E-state index contributed by atoms with van der Waals surface area (Å²) in [6.45, 7) is 24.2. The van der Waals surface area contributed by atoms with Crippen molar-refractivity contribution in [1.82, 2.24) is 29.7 Å². The molecular weight excluding hydrogens is 4560 g/mol. The van der Waals surface area contributed by atoms with Crippen LogP contribution >= 0.6 is 31.9 Å². The first-order valence-electron chi connectivity index (χ1n) is 23.3. The summed E-state index contributed by atoms with van der Waals surface area (Å²) in [6.07, 6.45) is 8.69. The van der Waals surface area contributed by atoms with Crippen molar-refractivity contribution in [2.75, 3.05) is 52.6 Å². The fourth-order valence-electron chi connectivity index (χ4n) is 6.91. The Morgan fingerprint density at radius 2 is 0.802 bits per heavy atom. The second-order valence-electron chi connectivity index (χ2n) is 20.8. The van der Waals surface area contributed by atoms with Crippen LogP contribution < -0.4 is 0 Å². The summed E-state index contributed by atoms with van der Waals surface area (Å²) in [6, 6.07) is 9.86. The third-order valence-electron chi connectivity index (χ3n) is 10.6. The van der Waals surface area contributed by atoms with Gasteiger partial charge in [0.05, 0.1) is 34.8 Å². The zero-order chi connectivity index (χ0) is 53.0. The first kappa shape index (κ1) is 135. The molecule has 6 heterocycles. The quantitative estimate of drug-likeness (QED) is 0.109. The van der Waals surface area contributed by atoms with Crippen LogP contribution in [0.5, 0.6) is 0 Å². The summed E-state index contributed by atoms with van der Waals surface area (Å²) in [5.41, 5.74) is 2.97. The average molecular weight is 4630 g/mol. The maximum atomic E-state index is 14.5. The minimum absolute atomic E-state index is 0. The molecule has 2 aromatic heterocycles. The van der Waals surface area contributed by atoms with E-state index in [1.165, 1.54) is 12.1 Å². The van der Waals surface area contributed by atoms with Crippen molar-refractivity contribution < 1.29 is 455 Å².